The molecule has 1 saturated heterocycles. The zero-order chi connectivity index (χ0) is 13.7. The summed E-state index contributed by atoms with van der Waals surface area (Å²) in [6.45, 7) is 2.30. The number of piperidine rings is 1. The van der Waals surface area contributed by atoms with Gasteiger partial charge in [-0.3, -0.25) is 4.90 Å². The first-order chi connectivity index (χ1) is 8.52. The summed E-state index contributed by atoms with van der Waals surface area (Å²) in [5.74, 6) is 0. The van der Waals surface area contributed by atoms with Gasteiger partial charge >= 0.3 is 0 Å². The van der Waals surface area contributed by atoms with Gasteiger partial charge in [0.25, 0.3) is 0 Å². The molecule has 0 aromatic heterocycles. The van der Waals surface area contributed by atoms with Crippen LogP contribution in [0.5, 0.6) is 0 Å². The molecule has 1 aliphatic rings. The van der Waals surface area contributed by atoms with Crippen LogP contribution in [-0.2, 0) is 0 Å². The Kier molecular flexibility index (Phi) is 6.20. The summed E-state index contributed by atoms with van der Waals surface area (Å²) < 4.78 is 0. The van der Waals surface area contributed by atoms with Gasteiger partial charge in [-0.05, 0) is 13.3 Å². The molecule has 0 aromatic carbocycles. The van der Waals surface area contributed by atoms with Gasteiger partial charge < -0.3 is 25.5 Å². The Hall–Kier alpha value is -0.500. The van der Waals surface area contributed by atoms with Crippen molar-refractivity contribution in [2.75, 3.05) is 19.7 Å². The predicted octanol–water partition coefficient (Wildman–Crippen LogP) is -1.93. The molecule has 0 bridgehead atoms. The highest BCUT2D eigenvalue weighted by molar-refractivity contribution is 4.99. The molecule has 1 heterocycles. The number of aliphatic hydroxyl groups is 5. The Bertz CT molecular complexity index is 273. The molecular weight excluding hydrogens is 238 g/mol. The van der Waals surface area contributed by atoms with E-state index in [1.54, 1.807) is 4.90 Å². The van der Waals surface area contributed by atoms with Crippen molar-refractivity contribution in [3.8, 4) is 0 Å². The zero-order valence-corrected chi connectivity index (χ0v) is 10.6. The lowest BCUT2D eigenvalue weighted by molar-refractivity contribution is -0.158. The van der Waals surface area contributed by atoms with E-state index in [0.717, 1.165) is 0 Å². The number of hydrogen-bond acceptors (Lipinski definition) is 6. The summed E-state index contributed by atoms with van der Waals surface area (Å²) in [6.07, 6.45) is -0.697. The largest absolute Gasteiger partial charge is 0.396 e. The Morgan fingerprint density at radius 1 is 1.28 bits per heavy atom. The van der Waals surface area contributed by atoms with Gasteiger partial charge in [-0.1, -0.05) is 12.2 Å². The van der Waals surface area contributed by atoms with Gasteiger partial charge in [-0.15, -0.1) is 0 Å². The number of allylic oxidation sites excluding steroid dienone is 1. The average Bonchev–Trinajstić information content (AvgIpc) is 2.33. The lowest BCUT2D eigenvalue weighted by atomic mass is 9.89. The lowest BCUT2D eigenvalue weighted by Gasteiger charge is -2.45. The monoisotopic (exact) mass is 261 g/mol. The van der Waals surface area contributed by atoms with Crippen molar-refractivity contribution in [3.63, 3.8) is 0 Å². The normalized spacial score (nSPS) is 36.1. The first-order valence-electron chi connectivity index (χ1n) is 6.21. The van der Waals surface area contributed by atoms with Crippen LogP contribution in [-0.4, -0.2) is 80.6 Å². The Morgan fingerprint density at radius 2 is 1.94 bits per heavy atom. The van der Waals surface area contributed by atoms with E-state index in [1.807, 2.05) is 19.1 Å². The van der Waals surface area contributed by atoms with Crippen LogP contribution in [0.1, 0.15) is 13.3 Å². The van der Waals surface area contributed by atoms with E-state index < -0.39 is 30.5 Å². The lowest BCUT2D eigenvalue weighted by Crippen LogP contribution is -2.64. The smallest absolute Gasteiger partial charge is 0.109 e. The predicted molar refractivity (Wildman–Crippen MR) is 65.9 cm³/mol. The molecule has 0 aromatic rings. The first kappa shape index (κ1) is 15.6. The molecule has 1 rings (SSSR count). The highest BCUT2D eigenvalue weighted by Gasteiger charge is 2.43. The second-order valence-corrected chi connectivity index (χ2v) is 4.64. The number of rotatable bonds is 5. The van der Waals surface area contributed by atoms with Gasteiger partial charge in [0.05, 0.1) is 18.2 Å². The second kappa shape index (κ2) is 7.18. The summed E-state index contributed by atoms with van der Waals surface area (Å²) in [6, 6.07) is -0.688. The topological polar surface area (TPSA) is 104 Å². The van der Waals surface area contributed by atoms with E-state index in [1.165, 1.54) is 0 Å². The molecule has 0 aliphatic carbocycles. The van der Waals surface area contributed by atoms with Crippen molar-refractivity contribution in [1.29, 1.82) is 0 Å². The highest BCUT2D eigenvalue weighted by Crippen LogP contribution is 2.22. The van der Waals surface area contributed by atoms with E-state index in [2.05, 4.69) is 0 Å². The molecule has 0 radical (unpaired) electrons. The molecule has 0 spiro atoms. The van der Waals surface area contributed by atoms with Gasteiger partial charge in [0, 0.05) is 19.7 Å². The SMILES string of the molecule is CC=CCN1C[C@H](O)[C@H](O)[C@H](O)[C@@H]1[C@H](O)CCO. The van der Waals surface area contributed by atoms with Crippen LogP contribution < -0.4 is 0 Å². The first-order valence-corrected chi connectivity index (χ1v) is 6.21. The van der Waals surface area contributed by atoms with Gasteiger partial charge in [0.2, 0.25) is 0 Å². The van der Waals surface area contributed by atoms with Crippen LogP contribution in [0.15, 0.2) is 12.2 Å². The molecule has 5 atom stereocenters. The minimum absolute atomic E-state index is 0.122. The third-order valence-corrected chi connectivity index (χ3v) is 3.33. The van der Waals surface area contributed by atoms with E-state index >= 15 is 0 Å². The molecular formula is C12H23NO5. The number of β-amino-alcohol motifs (C(OH)–C–C–N with tert-alkyl or cyclic N) is 1. The van der Waals surface area contributed by atoms with Crippen molar-refractivity contribution in [2.24, 2.45) is 0 Å². The molecule has 1 aliphatic heterocycles. The number of hydrogen-bond donors (Lipinski definition) is 5. The van der Waals surface area contributed by atoms with Crippen molar-refractivity contribution in [2.45, 2.75) is 43.8 Å². The maximum atomic E-state index is 9.96. The Morgan fingerprint density at radius 3 is 2.50 bits per heavy atom. The van der Waals surface area contributed by atoms with E-state index in [4.69, 9.17) is 5.11 Å². The van der Waals surface area contributed by atoms with Gasteiger partial charge in [-0.2, -0.15) is 0 Å². The number of aliphatic hydroxyl groups excluding tert-OH is 5. The van der Waals surface area contributed by atoms with Crippen molar-refractivity contribution < 1.29 is 25.5 Å². The number of nitrogens with zero attached hydrogens (tertiary/aromatic N) is 1. The fraction of sp³-hybridized carbons (Fsp3) is 0.833. The second-order valence-electron chi connectivity index (χ2n) is 4.64. The minimum atomic E-state index is -1.27. The highest BCUT2D eigenvalue weighted by atomic mass is 16.4. The molecule has 5 N–H and O–H groups in total. The van der Waals surface area contributed by atoms with E-state index in [0.29, 0.717) is 6.54 Å². The molecule has 6 heteroatoms. The van der Waals surface area contributed by atoms with Crippen LogP contribution in [0.25, 0.3) is 0 Å². The average molecular weight is 261 g/mol. The minimum Gasteiger partial charge on any atom is -0.396 e. The van der Waals surface area contributed by atoms with Crippen LogP contribution >= 0.6 is 0 Å². The number of likely N-dealkylation sites (tertiary alicyclic amines) is 1. The molecule has 0 amide bonds. The Balaban J connectivity index is 2.81. The van der Waals surface area contributed by atoms with Crippen LogP contribution in [0.2, 0.25) is 0 Å². The summed E-state index contributed by atoms with van der Waals surface area (Å²) in [7, 11) is 0. The fourth-order valence-electron chi connectivity index (χ4n) is 2.33. The third kappa shape index (κ3) is 3.50. The maximum absolute atomic E-state index is 9.96. The summed E-state index contributed by atoms with van der Waals surface area (Å²) >= 11 is 0. The van der Waals surface area contributed by atoms with Gasteiger partial charge in [0.15, 0.2) is 0 Å². The summed E-state index contributed by atoms with van der Waals surface area (Å²) in [5, 5.41) is 48.0. The molecule has 1 fully saturated rings. The maximum Gasteiger partial charge on any atom is 0.109 e. The standard InChI is InChI=1S/C12H23NO5/c1-2-3-5-13-7-9(16)11(17)12(18)10(13)8(15)4-6-14/h2-3,8-12,14-18H,4-7H2,1H3/t8-,9+,10+,11+,12-/m1/s1. The molecule has 6 nitrogen and oxygen atoms in total. The molecule has 106 valence electrons. The summed E-state index contributed by atoms with van der Waals surface area (Å²) in [5.41, 5.74) is 0. The van der Waals surface area contributed by atoms with Crippen molar-refractivity contribution in [3.05, 3.63) is 12.2 Å². The van der Waals surface area contributed by atoms with Crippen molar-refractivity contribution in [1.82, 2.24) is 4.90 Å². The zero-order valence-electron chi connectivity index (χ0n) is 10.6. The van der Waals surface area contributed by atoms with Crippen LogP contribution in [0.3, 0.4) is 0 Å². The Labute approximate surface area is 107 Å². The molecule has 0 saturated carbocycles. The molecule has 0 unspecified atom stereocenters. The van der Waals surface area contributed by atoms with Gasteiger partial charge in [0.1, 0.15) is 12.2 Å². The van der Waals surface area contributed by atoms with E-state index in [9.17, 15) is 20.4 Å². The fourth-order valence-corrected chi connectivity index (χ4v) is 2.33. The quantitative estimate of drug-likeness (QED) is 0.369. The third-order valence-electron chi connectivity index (χ3n) is 3.33. The molecule has 18 heavy (non-hydrogen) atoms. The van der Waals surface area contributed by atoms with Gasteiger partial charge in [-0.25, -0.2) is 0 Å². The van der Waals surface area contributed by atoms with E-state index in [-0.39, 0.29) is 19.6 Å². The van der Waals surface area contributed by atoms with Crippen molar-refractivity contribution >= 4 is 0 Å². The summed E-state index contributed by atoms with van der Waals surface area (Å²) in [4.78, 5) is 1.71. The van der Waals surface area contributed by atoms with Crippen LogP contribution in [0.4, 0.5) is 0 Å². The van der Waals surface area contributed by atoms with Crippen LogP contribution in [0, 0.1) is 0 Å².